The number of hydrazone groups is 1. The van der Waals surface area contributed by atoms with Crippen molar-refractivity contribution in [3.05, 3.63) is 92.1 Å². The fourth-order valence-corrected chi connectivity index (χ4v) is 3.51. The molecule has 3 aromatic carbocycles. The molecule has 3 rings (SSSR count). The zero-order chi connectivity index (χ0) is 23.1. The number of carbonyl (C=O) groups is 1. The number of halogens is 3. The Bertz CT molecular complexity index is 1230. The normalized spacial score (nSPS) is 10.6. The molecule has 0 unspecified atom stereocenters. The summed E-state index contributed by atoms with van der Waals surface area (Å²) in [5.74, 6) is -0.993. The molecule has 3 aromatic rings. The fourth-order valence-electron chi connectivity index (χ4n) is 2.73. The minimum atomic E-state index is -0.812. The van der Waals surface area contributed by atoms with Crippen LogP contribution in [0.15, 0.2) is 59.7 Å². The average molecular weight is 547 g/mol. The van der Waals surface area contributed by atoms with E-state index in [1.807, 2.05) is 0 Å². The van der Waals surface area contributed by atoms with Crippen molar-refractivity contribution in [3.63, 3.8) is 0 Å². The highest BCUT2D eigenvalue weighted by atomic mass is 127. The number of nitrogens with zero attached hydrogens (tertiary/aromatic N) is 2. The predicted octanol–water partition coefficient (Wildman–Crippen LogP) is 4.79. The molecule has 32 heavy (non-hydrogen) atoms. The zero-order valence-electron chi connectivity index (χ0n) is 16.7. The molecule has 0 bridgehead atoms. The van der Waals surface area contributed by atoms with Crippen LogP contribution in [-0.2, 0) is 6.61 Å². The Morgan fingerprint density at radius 1 is 1.22 bits per heavy atom. The summed E-state index contributed by atoms with van der Waals surface area (Å²) in [5.41, 5.74) is 3.41. The Hall–Kier alpha value is -3.52. The molecule has 9 heteroatoms. The molecule has 1 amide bonds. The van der Waals surface area contributed by atoms with Gasteiger partial charge in [0.05, 0.1) is 34.1 Å². The summed E-state index contributed by atoms with van der Waals surface area (Å²) >= 11 is 2.07. The summed E-state index contributed by atoms with van der Waals surface area (Å²) in [5, 5.41) is 12.6. The highest BCUT2D eigenvalue weighted by Crippen LogP contribution is 2.34. The van der Waals surface area contributed by atoms with Crippen LogP contribution in [0.2, 0.25) is 0 Å². The SMILES string of the molecule is COc1cc(/C=N\NC(=O)c2ccc(C#N)cc2F)cc(I)c1OCc1cccc(F)c1. The Balaban J connectivity index is 1.70. The van der Waals surface area contributed by atoms with E-state index in [4.69, 9.17) is 14.7 Å². The van der Waals surface area contributed by atoms with E-state index in [1.54, 1.807) is 30.3 Å². The third-order valence-electron chi connectivity index (χ3n) is 4.25. The van der Waals surface area contributed by atoms with Gasteiger partial charge in [0.25, 0.3) is 5.91 Å². The summed E-state index contributed by atoms with van der Waals surface area (Å²) in [6, 6.07) is 14.9. The molecule has 0 aliphatic carbocycles. The summed E-state index contributed by atoms with van der Waals surface area (Å²) in [6.45, 7) is 0.157. The fraction of sp³-hybridized carbons (Fsp3) is 0.0870. The number of carbonyl (C=O) groups excluding carboxylic acids is 1. The monoisotopic (exact) mass is 547 g/mol. The third-order valence-corrected chi connectivity index (χ3v) is 5.05. The molecule has 6 nitrogen and oxygen atoms in total. The first kappa shape index (κ1) is 23.1. The topological polar surface area (TPSA) is 83.7 Å². The van der Waals surface area contributed by atoms with E-state index in [9.17, 15) is 13.6 Å². The zero-order valence-corrected chi connectivity index (χ0v) is 18.9. The van der Waals surface area contributed by atoms with Crippen molar-refractivity contribution in [2.24, 2.45) is 5.10 Å². The first-order valence-electron chi connectivity index (χ1n) is 9.19. The Labute approximate surface area is 196 Å². The molecule has 0 spiro atoms. The smallest absolute Gasteiger partial charge is 0.274 e. The van der Waals surface area contributed by atoms with E-state index in [1.165, 1.54) is 37.6 Å². The lowest BCUT2D eigenvalue weighted by molar-refractivity contribution is 0.0951. The first-order chi connectivity index (χ1) is 15.4. The van der Waals surface area contributed by atoms with Crippen LogP contribution in [-0.4, -0.2) is 19.2 Å². The van der Waals surface area contributed by atoms with E-state index in [2.05, 4.69) is 33.1 Å². The molecule has 0 aliphatic rings. The number of hydrogen-bond acceptors (Lipinski definition) is 5. The van der Waals surface area contributed by atoms with Gasteiger partial charge in [-0.1, -0.05) is 12.1 Å². The molecule has 0 saturated heterocycles. The van der Waals surface area contributed by atoms with Gasteiger partial charge in [0.1, 0.15) is 18.2 Å². The van der Waals surface area contributed by atoms with Crippen LogP contribution in [0.25, 0.3) is 0 Å². The molecule has 0 saturated carbocycles. The number of ether oxygens (including phenoxy) is 2. The van der Waals surface area contributed by atoms with E-state index in [-0.39, 0.29) is 23.6 Å². The second-order valence-corrected chi connectivity index (χ2v) is 7.62. The van der Waals surface area contributed by atoms with Gasteiger partial charge in [-0.15, -0.1) is 0 Å². The minimum Gasteiger partial charge on any atom is -0.493 e. The number of nitriles is 1. The number of nitrogens with one attached hydrogen (secondary N) is 1. The van der Waals surface area contributed by atoms with Gasteiger partial charge in [-0.3, -0.25) is 4.79 Å². The van der Waals surface area contributed by atoms with Gasteiger partial charge in [0.15, 0.2) is 11.5 Å². The van der Waals surface area contributed by atoms with Crippen molar-refractivity contribution in [1.29, 1.82) is 5.26 Å². The van der Waals surface area contributed by atoms with E-state index in [0.717, 1.165) is 6.07 Å². The van der Waals surface area contributed by atoms with Crippen LogP contribution in [0.4, 0.5) is 8.78 Å². The number of rotatable bonds is 7. The van der Waals surface area contributed by atoms with Crippen molar-refractivity contribution < 1.29 is 23.0 Å². The van der Waals surface area contributed by atoms with E-state index in [0.29, 0.717) is 26.2 Å². The number of hydrogen-bond donors (Lipinski definition) is 1. The van der Waals surface area contributed by atoms with Crippen molar-refractivity contribution >= 4 is 34.7 Å². The summed E-state index contributed by atoms with van der Waals surface area (Å²) in [6.07, 6.45) is 1.38. The van der Waals surface area contributed by atoms with Crippen LogP contribution in [0.5, 0.6) is 11.5 Å². The molecule has 0 fully saturated rings. The highest BCUT2D eigenvalue weighted by molar-refractivity contribution is 14.1. The maximum atomic E-state index is 13.9. The maximum Gasteiger partial charge on any atom is 0.274 e. The number of benzene rings is 3. The van der Waals surface area contributed by atoms with Gasteiger partial charge in [-0.05, 0) is 76.2 Å². The van der Waals surface area contributed by atoms with Gasteiger partial charge in [-0.25, -0.2) is 14.2 Å². The number of amides is 1. The molecule has 0 atom stereocenters. The molecular weight excluding hydrogens is 531 g/mol. The summed E-state index contributed by atoms with van der Waals surface area (Å²) in [4.78, 5) is 12.1. The molecule has 1 N–H and O–H groups in total. The summed E-state index contributed by atoms with van der Waals surface area (Å²) in [7, 11) is 1.48. The largest absolute Gasteiger partial charge is 0.493 e. The van der Waals surface area contributed by atoms with Crippen molar-refractivity contribution in [3.8, 4) is 17.6 Å². The molecule has 0 aliphatic heterocycles. The second kappa shape index (κ2) is 10.7. The maximum absolute atomic E-state index is 13.9. The standard InChI is InChI=1S/C23H16F2IN3O3/c1-31-21-10-16(9-20(26)22(21)32-13-15-3-2-4-17(24)7-15)12-28-29-23(30)18-6-5-14(11-27)8-19(18)25/h2-10,12H,13H2,1H3,(H,29,30)/b28-12-. The quantitative estimate of drug-likeness (QED) is 0.262. The second-order valence-electron chi connectivity index (χ2n) is 6.46. The van der Waals surface area contributed by atoms with E-state index < -0.39 is 11.7 Å². The van der Waals surface area contributed by atoms with Gasteiger partial charge in [-0.2, -0.15) is 10.4 Å². The summed E-state index contributed by atoms with van der Waals surface area (Å²) < 4.78 is 39.2. The lowest BCUT2D eigenvalue weighted by Gasteiger charge is -2.13. The van der Waals surface area contributed by atoms with Crippen molar-refractivity contribution in [2.75, 3.05) is 7.11 Å². The van der Waals surface area contributed by atoms with Crippen LogP contribution in [0.3, 0.4) is 0 Å². The lowest BCUT2D eigenvalue weighted by Crippen LogP contribution is -2.19. The predicted molar refractivity (Wildman–Crippen MR) is 123 cm³/mol. The minimum absolute atomic E-state index is 0.115. The van der Waals surface area contributed by atoms with Crippen LogP contribution in [0.1, 0.15) is 27.0 Å². The van der Waals surface area contributed by atoms with Crippen molar-refractivity contribution in [1.82, 2.24) is 5.43 Å². The molecule has 162 valence electrons. The van der Waals surface area contributed by atoms with Crippen molar-refractivity contribution in [2.45, 2.75) is 6.61 Å². The van der Waals surface area contributed by atoms with Gasteiger partial charge >= 0.3 is 0 Å². The first-order valence-corrected chi connectivity index (χ1v) is 10.3. The van der Waals surface area contributed by atoms with Crippen LogP contribution < -0.4 is 14.9 Å². The number of methoxy groups -OCH3 is 1. The van der Waals surface area contributed by atoms with E-state index >= 15 is 0 Å². The van der Waals surface area contributed by atoms with Crippen LogP contribution >= 0.6 is 22.6 Å². The molecule has 0 aromatic heterocycles. The molecule has 0 heterocycles. The van der Waals surface area contributed by atoms with Gasteiger partial charge in [0.2, 0.25) is 0 Å². The Kier molecular flexibility index (Phi) is 7.72. The Morgan fingerprint density at radius 3 is 2.72 bits per heavy atom. The van der Waals surface area contributed by atoms with Gasteiger partial charge in [0, 0.05) is 0 Å². The highest BCUT2D eigenvalue weighted by Gasteiger charge is 2.13. The molecular formula is C23H16F2IN3O3. The van der Waals surface area contributed by atoms with Gasteiger partial charge < -0.3 is 9.47 Å². The Morgan fingerprint density at radius 2 is 2.03 bits per heavy atom. The average Bonchev–Trinajstić information content (AvgIpc) is 2.77. The lowest BCUT2D eigenvalue weighted by atomic mass is 10.1. The third kappa shape index (κ3) is 5.79. The van der Waals surface area contributed by atoms with Crippen LogP contribution in [0, 0.1) is 26.5 Å². The molecule has 0 radical (unpaired) electrons.